The molecule has 0 radical (unpaired) electrons. The molecular weight excluding hydrogens is 426 g/mol. The van der Waals surface area contributed by atoms with Crippen molar-refractivity contribution in [2.45, 2.75) is 31.5 Å². The molecule has 0 amide bonds. The van der Waals surface area contributed by atoms with Gasteiger partial charge in [-0.1, -0.05) is 11.6 Å². The monoisotopic (exact) mass is 441 g/mol. The quantitative estimate of drug-likeness (QED) is 0.495. The number of nitrogens with zero attached hydrogens (tertiary/aromatic N) is 2. The molecule has 1 fully saturated rings. The lowest BCUT2D eigenvalue weighted by Crippen LogP contribution is -2.09. The minimum atomic E-state index is -4.67. The molecule has 5 nitrogen and oxygen atoms in total. The summed E-state index contributed by atoms with van der Waals surface area (Å²) in [5.41, 5.74) is -0.129. The van der Waals surface area contributed by atoms with Crippen molar-refractivity contribution in [3.05, 3.63) is 58.5 Å². The predicted molar refractivity (Wildman–Crippen MR) is 101 cm³/mol. The summed E-state index contributed by atoms with van der Waals surface area (Å²) in [6.45, 7) is -0.366. The summed E-state index contributed by atoms with van der Waals surface area (Å²) in [4.78, 5) is 11.1. The van der Waals surface area contributed by atoms with Gasteiger partial charge in [-0.3, -0.25) is 4.98 Å². The van der Waals surface area contributed by atoms with Crippen molar-refractivity contribution in [2.75, 3.05) is 7.11 Å². The topological polar surface area (TPSA) is 60.0 Å². The Balaban J connectivity index is 1.53. The van der Waals surface area contributed by atoms with Crippen molar-refractivity contribution < 1.29 is 27.0 Å². The van der Waals surface area contributed by atoms with E-state index in [1.807, 2.05) is 0 Å². The van der Waals surface area contributed by atoms with Gasteiger partial charge in [-0.25, -0.2) is 9.37 Å². The van der Waals surface area contributed by atoms with Crippen molar-refractivity contribution >= 4 is 11.6 Å². The van der Waals surface area contributed by atoms with Crippen LogP contribution in [-0.2, 0) is 12.8 Å². The zero-order valence-electron chi connectivity index (χ0n) is 15.7. The molecule has 0 saturated heterocycles. The summed E-state index contributed by atoms with van der Waals surface area (Å²) in [6, 6.07) is 5.37. The smallest absolute Gasteiger partial charge is 0.417 e. The lowest BCUT2D eigenvalue weighted by molar-refractivity contribution is -0.138. The normalized spacial score (nSPS) is 14.1. The molecule has 1 aromatic carbocycles. The van der Waals surface area contributed by atoms with Gasteiger partial charge in [-0.15, -0.1) is 0 Å². The molecule has 0 bridgehead atoms. The van der Waals surface area contributed by atoms with Gasteiger partial charge in [0.1, 0.15) is 34.8 Å². The molecule has 10 heteroatoms. The molecule has 0 unspecified atom stereocenters. The van der Waals surface area contributed by atoms with E-state index in [1.54, 1.807) is 18.2 Å². The van der Waals surface area contributed by atoms with Crippen LogP contribution in [0.5, 0.6) is 11.5 Å². The highest BCUT2D eigenvalue weighted by Gasteiger charge is 2.32. The molecule has 158 valence electrons. The van der Waals surface area contributed by atoms with Crippen LogP contribution in [0, 0.1) is 5.82 Å². The van der Waals surface area contributed by atoms with Gasteiger partial charge in [0.2, 0.25) is 0 Å². The number of rotatable bonds is 6. The van der Waals surface area contributed by atoms with Gasteiger partial charge in [0.25, 0.3) is 0 Å². The number of aromatic nitrogens is 3. The van der Waals surface area contributed by atoms with Crippen LogP contribution >= 0.6 is 11.6 Å². The van der Waals surface area contributed by atoms with E-state index in [-0.39, 0.29) is 18.1 Å². The van der Waals surface area contributed by atoms with Gasteiger partial charge in [-0.05, 0) is 37.1 Å². The maximum atomic E-state index is 14.0. The first kappa shape index (κ1) is 20.5. The number of hydrogen-bond acceptors (Lipinski definition) is 4. The molecule has 0 aliphatic heterocycles. The van der Waals surface area contributed by atoms with Crippen LogP contribution in [-0.4, -0.2) is 22.1 Å². The molecule has 1 N–H and O–H groups in total. The van der Waals surface area contributed by atoms with Crippen LogP contribution in [0.15, 0.2) is 30.5 Å². The number of benzene rings is 1. The number of H-pyrrole nitrogens is 1. The summed E-state index contributed by atoms with van der Waals surface area (Å²) in [7, 11) is 1.44. The minimum absolute atomic E-state index is 0.251. The third-order valence-electron chi connectivity index (χ3n) is 4.69. The summed E-state index contributed by atoms with van der Waals surface area (Å²) in [5, 5.41) is 0.420. The van der Waals surface area contributed by atoms with E-state index in [0.29, 0.717) is 40.3 Å². The lowest BCUT2D eigenvalue weighted by atomic mass is 10.1. The zero-order valence-corrected chi connectivity index (χ0v) is 16.4. The highest BCUT2D eigenvalue weighted by Crippen LogP contribution is 2.41. The number of hydrogen-bond donors (Lipinski definition) is 1. The average Bonchev–Trinajstić information content (AvgIpc) is 3.48. The SMILES string of the molecule is COc1cc(-c2nc(C3CC3)[nH]c2Cl)ccc1OCc1ncc(C(F)(F)F)cc1F. The molecule has 2 aromatic heterocycles. The summed E-state index contributed by atoms with van der Waals surface area (Å²) >= 11 is 6.27. The van der Waals surface area contributed by atoms with E-state index in [9.17, 15) is 17.6 Å². The molecule has 3 aromatic rings. The van der Waals surface area contributed by atoms with Crippen LogP contribution in [0.2, 0.25) is 5.15 Å². The van der Waals surface area contributed by atoms with Crippen LogP contribution in [0.3, 0.4) is 0 Å². The fraction of sp³-hybridized carbons (Fsp3) is 0.300. The molecule has 0 spiro atoms. The van der Waals surface area contributed by atoms with Crippen molar-refractivity contribution in [3.63, 3.8) is 0 Å². The molecule has 4 rings (SSSR count). The second-order valence-electron chi connectivity index (χ2n) is 6.86. The largest absolute Gasteiger partial charge is 0.493 e. The highest BCUT2D eigenvalue weighted by molar-refractivity contribution is 6.31. The Labute approximate surface area is 174 Å². The van der Waals surface area contributed by atoms with Gasteiger partial charge in [-0.2, -0.15) is 13.2 Å². The first-order valence-electron chi connectivity index (χ1n) is 9.04. The number of methoxy groups -OCH3 is 1. The molecule has 0 atom stereocenters. The van der Waals surface area contributed by atoms with Crippen LogP contribution in [0.25, 0.3) is 11.3 Å². The Hall–Kier alpha value is -2.81. The van der Waals surface area contributed by atoms with Gasteiger partial charge >= 0.3 is 6.18 Å². The lowest BCUT2D eigenvalue weighted by Gasteiger charge is -2.13. The fourth-order valence-electron chi connectivity index (χ4n) is 2.92. The van der Waals surface area contributed by atoms with Crippen molar-refractivity contribution in [3.8, 4) is 22.8 Å². The highest BCUT2D eigenvalue weighted by atomic mass is 35.5. The molecular formula is C20H16ClF4N3O2. The maximum Gasteiger partial charge on any atom is 0.417 e. The second-order valence-corrected chi connectivity index (χ2v) is 7.24. The Morgan fingerprint density at radius 2 is 1.97 bits per heavy atom. The number of imidazole rings is 1. The predicted octanol–water partition coefficient (Wildman–Crippen LogP) is 5.75. The van der Waals surface area contributed by atoms with Crippen molar-refractivity contribution in [1.82, 2.24) is 15.0 Å². The second kappa shape index (κ2) is 7.79. The number of nitrogens with one attached hydrogen (secondary N) is 1. The van der Waals surface area contributed by atoms with Gasteiger partial charge < -0.3 is 14.5 Å². The fourth-order valence-corrected chi connectivity index (χ4v) is 3.17. The van der Waals surface area contributed by atoms with Crippen LogP contribution in [0.4, 0.5) is 17.6 Å². The van der Waals surface area contributed by atoms with Gasteiger partial charge in [0.05, 0.1) is 12.7 Å². The molecule has 30 heavy (non-hydrogen) atoms. The Kier molecular flexibility index (Phi) is 5.31. The summed E-state index contributed by atoms with van der Waals surface area (Å²) in [6.07, 6.45) is -1.94. The Bertz CT molecular complexity index is 1080. The number of pyridine rings is 1. The van der Waals surface area contributed by atoms with E-state index in [4.69, 9.17) is 21.1 Å². The van der Waals surface area contributed by atoms with E-state index in [0.717, 1.165) is 18.7 Å². The van der Waals surface area contributed by atoms with Gasteiger partial charge in [0, 0.05) is 17.7 Å². The average molecular weight is 442 g/mol. The molecule has 1 aliphatic carbocycles. The third-order valence-corrected chi connectivity index (χ3v) is 4.96. The number of alkyl halides is 3. The Morgan fingerprint density at radius 1 is 1.20 bits per heavy atom. The van der Waals surface area contributed by atoms with Crippen LogP contribution in [0.1, 0.15) is 35.8 Å². The third kappa shape index (κ3) is 4.21. The number of aromatic amines is 1. The van der Waals surface area contributed by atoms with E-state index in [1.165, 1.54) is 7.11 Å². The van der Waals surface area contributed by atoms with Crippen molar-refractivity contribution in [2.24, 2.45) is 0 Å². The van der Waals surface area contributed by atoms with E-state index < -0.39 is 17.6 Å². The van der Waals surface area contributed by atoms with E-state index in [2.05, 4.69) is 15.0 Å². The molecule has 2 heterocycles. The minimum Gasteiger partial charge on any atom is -0.493 e. The standard InChI is InChI=1S/C20H16ClF4N3O2/c1-29-16-6-11(17-18(21)28-19(27-17)10-2-3-10)4-5-15(16)30-9-14-13(22)7-12(8-26-14)20(23,24)25/h4-8,10H,2-3,9H2,1H3,(H,27,28). The van der Waals surface area contributed by atoms with Gasteiger partial charge in [0.15, 0.2) is 11.5 Å². The summed E-state index contributed by atoms with van der Waals surface area (Å²) in [5.74, 6) is 0.768. The van der Waals surface area contributed by atoms with Crippen LogP contribution < -0.4 is 9.47 Å². The van der Waals surface area contributed by atoms with Crippen molar-refractivity contribution in [1.29, 1.82) is 0 Å². The zero-order chi connectivity index (χ0) is 21.5. The maximum absolute atomic E-state index is 14.0. The Morgan fingerprint density at radius 3 is 2.60 bits per heavy atom. The first-order valence-corrected chi connectivity index (χ1v) is 9.42. The summed E-state index contributed by atoms with van der Waals surface area (Å²) < 4.78 is 62.7. The van der Waals surface area contributed by atoms with E-state index >= 15 is 0 Å². The number of halogens is 5. The molecule has 1 aliphatic rings. The number of ether oxygens (including phenoxy) is 2. The molecule has 1 saturated carbocycles. The first-order chi connectivity index (χ1) is 14.3.